The quantitative estimate of drug-likeness (QED) is 0.861. The Balaban J connectivity index is 1.56. The van der Waals surface area contributed by atoms with Crippen LogP contribution in [0.4, 0.5) is 10.6 Å². The van der Waals surface area contributed by atoms with Crippen molar-refractivity contribution in [2.75, 3.05) is 11.9 Å². The van der Waals surface area contributed by atoms with Gasteiger partial charge in [-0.25, -0.2) is 14.8 Å². The summed E-state index contributed by atoms with van der Waals surface area (Å²) >= 11 is 0. The lowest BCUT2D eigenvalue weighted by molar-refractivity contribution is 0.0179. The number of hydrogen-bond donors (Lipinski definition) is 2. The van der Waals surface area contributed by atoms with Crippen LogP contribution in [0.25, 0.3) is 11.0 Å². The number of hydrogen-bond acceptors (Lipinski definition) is 5. The molecule has 1 aliphatic heterocycles. The molecule has 2 aromatic heterocycles. The first-order chi connectivity index (χ1) is 12.2. The molecule has 2 aliphatic rings. The first-order valence-corrected chi connectivity index (χ1v) is 9.29. The van der Waals surface area contributed by atoms with Crippen molar-refractivity contribution in [1.82, 2.24) is 19.9 Å². The van der Waals surface area contributed by atoms with E-state index < -0.39 is 5.60 Å². The largest absolute Gasteiger partial charge is 0.444 e. The van der Waals surface area contributed by atoms with Crippen LogP contribution >= 0.6 is 0 Å². The number of aromatic amines is 1. The maximum absolute atomic E-state index is 12.6. The number of anilines is 1. The molecule has 2 fully saturated rings. The topological polar surface area (TPSA) is 83.1 Å². The molecular formula is C19H27N5O2. The van der Waals surface area contributed by atoms with E-state index in [2.05, 4.69) is 27.2 Å². The number of fused-ring (bicyclic) bond motifs is 3. The third kappa shape index (κ3) is 2.89. The van der Waals surface area contributed by atoms with Crippen molar-refractivity contribution in [1.29, 1.82) is 0 Å². The molecule has 2 bridgehead atoms. The van der Waals surface area contributed by atoms with Crippen LogP contribution in [0.2, 0.25) is 0 Å². The van der Waals surface area contributed by atoms with Gasteiger partial charge in [-0.3, -0.25) is 0 Å². The molecule has 2 aromatic rings. The molecule has 1 saturated heterocycles. The Morgan fingerprint density at radius 1 is 1.31 bits per heavy atom. The van der Waals surface area contributed by atoms with E-state index in [1.165, 1.54) is 0 Å². The second kappa shape index (κ2) is 5.86. The van der Waals surface area contributed by atoms with Gasteiger partial charge in [-0.2, -0.15) is 0 Å². The molecule has 3 atom stereocenters. The Kier molecular flexibility index (Phi) is 3.86. The Morgan fingerprint density at radius 3 is 2.77 bits per heavy atom. The highest BCUT2D eigenvalue weighted by molar-refractivity contribution is 5.91. The van der Waals surface area contributed by atoms with Gasteiger partial charge in [0, 0.05) is 18.3 Å². The predicted molar refractivity (Wildman–Crippen MR) is 100 cm³/mol. The van der Waals surface area contributed by atoms with Crippen LogP contribution < -0.4 is 5.32 Å². The van der Waals surface area contributed by atoms with E-state index in [-0.39, 0.29) is 18.2 Å². The normalized spacial score (nSPS) is 25.1. The van der Waals surface area contributed by atoms with Gasteiger partial charge in [0.1, 0.15) is 23.4 Å². The lowest BCUT2D eigenvalue weighted by atomic mass is 10.1. The Bertz CT molecular complexity index is 853. The molecule has 140 valence electrons. The molecule has 0 spiro atoms. The number of piperidine rings is 1. The molecule has 4 rings (SSSR count). The maximum Gasteiger partial charge on any atom is 0.410 e. The predicted octanol–water partition coefficient (Wildman–Crippen LogP) is 3.38. The number of amides is 1. The molecule has 1 saturated carbocycles. The fraction of sp³-hybridized carbons (Fsp3) is 0.632. The number of nitrogens with zero attached hydrogens (tertiary/aromatic N) is 3. The average Bonchev–Trinajstić information content (AvgIpc) is 3.20. The first kappa shape index (κ1) is 17.1. The van der Waals surface area contributed by atoms with Gasteiger partial charge in [-0.05, 0) is 58.9 Å². The summed E-state index contributed by atoms with van der Waals surface area (Å²) in [5, 5.41) is 4.64. The summed E-state index contributed by atoms with van der Waals surface area (Å²) in [4.78, 5) is 26.6. The molecule has 1 amide bonds. The van der Waals surface area contributed by atoms with Crippen molar-refractivity contribution in [2.45, 2.75) is 65.1 Å². The van der Waals surface area contributed by atoms with Crippen molar-refractivity contribution >= 4 is 22.9 Å². The van der Waals surface area contributed by atoms with Crippen molar-refractivity contribution < 1.29 is 9.53 Å². The summed E-state index contributed by atoms with van der Waals surface area (Å²) in [7, 11) is 0. The molecule has 2 N–H and O–H groups in total. The number of nitrogens with one attached hydrogen (secondary N) is 2. The highest BCUT2D eigenvalue weighted by atomic mass is 16.6. The number of aryl methyl sites for hydroxylation is 2. The second-order valence-electron chi connectivity index (χ2n) is 8.61. The van der Waals surface area contributed by atoms with Gasteiger partial charge in [0.2, 0.25) is 0 Å². The van der Waals surface area contributed by atoms with Gasteiger partial charge in [-0.15, -0.1) is 0 Å². The minimum atomic E-state index is -0.472. The lowest BCUT2D eigenvalue weighted by Gasteiger charge is -2.35. The number of carbonyl (C=O) groups excluding carboxylic acids is 1. The monoisotopic (exact) mass is 357 g/mol. The van der Waals surface area contributed by atoms with Crippen LogP contribution in [-0.4, -0.2) is 50.2 Å². The maximum atomic E-state index is 12.6. The minimum Gasteiger partial charge on any atom is -0.444 e. The number of ether oxygens (including phenoxy) is 1. The molecule has 3 heterocycles. The fourth-order valence-electron chi connectivity index (χ4n) is 4.29. The van der Waals surface area contributed by atoms with Crippen molar-refractivity contribution in [3.8, 4) is 0 Å². The molecular weight excluding hydrogens is 330 g/mol. The van der Waals surface area contributed by atoms with Crippen LogP contribution in [0.1, 0.15) is 44.9 Å². The summed E-state index contributed by atoms with van der Waals surface area (Å²) < 4.78 is 5.59. The van der Waals surface area contributed by atoms with Crippen LogP contribution in [0.5, 0.6) is 0 Å². The molecule has 7 heteroatoms. The van der Waals surface area contributed by atoms with Gasteiger partial charge in [0.05, 0.1) is 11.4 Å². The molecule has 1 aliphatic carbocycles. The van der Waals surface area contributed by atoms with Gasteiger partial charge in [0.25, 0.3) is 0 Å². The van der Waals surface area contributed by atoms with E-state index in [1.54, 1.807) is 6.33 Å². The average molecular weight is 357 g/mol. The zero-order valence-corrected chi connectivity index (χ0v) is 16.1. The Morgan fingerprint density at radius 2 is 2.08 bits per heavy atom. The van der Waals surface area contributed by atoms with Crippen LogP contribution in [0.15, 0.2) is 6.33 Å². The van der Waals surface area contributed by atoms with Gasteiger partial charge in [-0.1, -0.05) is 0 Å². The summed E-state index contributed by atoms with van der Waals surface area (Å²) in [6.45, 7) is 10.6. The van der Waals surface area contributed by atoms with Gasteiger partial charge >= 0.3 is 6.09 Å². The Hall–Kier alpha value is -2.31. The molecule has 0 radical (unpaired) electrons. The van der Waals surface area contributed by atoms with E-state index >= 15 is 0 Å². The van der Waals surface area contributed by atoms with Crippen molar-refractivity contribution in [3.63, 3.8) is 0 Å². The Labute approximate surface area is 153 Å². The van der Waals surface area contributed by atoms with Crippen LogP contribution in [0, 0.1) is 19.8 Å². The smallest absolute Gasteiger partial charge is 0.410 e. The van der Waals surface area contributed by atoms with Gasteiger partial charge in [0.15, 0.2) is 0 Å². The molecule has 3 unspecified atom stereocenters. The summed E-state index contributed by atoms with van der Waals surface area (Å²) in [5.41, 5.74) is 2.65. The minimum absolute atomic E-state index is 0.153. The SMILES string of the molecule is Cc1[nH]c2ncnc(NC3CC4CC3N(C(=O)OC(C)(C)C)C4)c2c1C. The van der Waals surface area contributed by atoms with Crippen LogP contribution in [0.3, 0.4) is 0 Å². The van der Waals surface area contributed by atoms with E-state index in [9.17, 15) is 4.79 Å². The first-order valence-electron chi connectivity index (χ1n) is 9.29. The zero-order valence-electron chi connectivity index (χ0n) is 16.1. The highest BCUT2D eigenvalue weighted by Crippen LogP contribution is 2.40. The molecule has 0 aromatic carbocycles. The summed E-state index contributed by atoms with van der Waals surface area (Å²) in [6, 6.07) is 0.342. The second-order valence-corrected chi connectivity index (χ2v) is 8.61. The third-order valence-electron chi connectivity index (χ3n) is 5.52. The summed E-state index contributed by atoms with van der Waals surface area (Å²) in [6.07, 6.45) is 3.45. The fourth-order valence-corrected chi connectivity index (χ4v) is 4.29. The van der Waals surface area contributed by atoms with E-state index in [4.69, 9.17) is 4.74 Å². The van der Waals surface area contributed by atoms with Crippen molar-refractivity contribution in [2.24, 2.45) is 5.92 Å². The standard InChI is InChI=1S/C19H27N5O2/c1-10-11(2)22-16-15(10)17(21-9-20-16)23-13-6-12-7-14(13)24(8-12)18(25)26-19(3,4)5/h9,12-14H,6-8H2,1-5H3,(H2,20,21,22,23). The zero-order chi connectivity index (χ0) is 18.6. The number of likely N-dealkylation sites (tertiary alicyclic amines) is 1. The van der Waals surface area contributed by atoms with E-state index in [0.29, 0.717) is 5.92 Å². The number of carbonyl (C=O) groups is 1. The third-order valence-corrected chi connectivity index (χ3v) is 5.52. The number of H-pyrrole nitrogens is 1. The van der Waals surface area contributed by atoms with E-state index in [1.807, 2.05) is 32.6 Å². The van der Waals surface area contributed by atoms with Crippen LogP contribution in [-0.2, 0) is 4.74 Å². The number of rotatable bonds is 2. The van der Waals surface area contributed by atoms with Crippen molar-refractivity contribution in [3.05, 3.63) is 17.6 Å². The summed E-state index contributed by atoms with van der Waals surface area (Å²) in [5.74, 6) is 1.37. The number of aromatic nitrogens is 3. The molecule has 26 heavy (non-hydrogen) atoms. The highest BCUT2D eigenvalue weighted by Gasteiger charge is 2.48. The molecule has 7 nitrogen and oxygen atoms in total. The van der Waals surface area contributed by atoms with E-state index in [0.717, 1.165) is 47.5 Å². The van der Waals surface area contributed by atoms with Gasteiger partial charge < -0.3 is 19.9 Å². The lowest BCUT2D eigenvalue weighted by Crippen LogP contribution is -2.49.